The summed E-state index contributed by atoms with van der Waals surface area (Å²) in [5, 5.41) is 28.8. The average Bonchev–Trinajstić information content (AvgIpc) is 2.75. The lowest BCUT2D eigenvalue weighted by Crippen LogP contribution is -1.83. The number of benzene rings is 3. The number of hydrogen-bond acceptors (Lipinski definition) is 3. The van der Waals surface area contributed by atoms with Crippen LogP contribution in [0, 0.1) is 0 Å². The molecule has 0 spiro atoms. The monoisotopic (exact) mass is 528 g/mol. The highest BCUT2D eigenvalue weighted by Gasteiger charge is 2.02. The van der Waals surface area contributed by atoms with Crippen LogP contribution in [-0.4, -0.2) is 15.3 Å². The molecule has 0 radical (unpaired) electrons. The van der Waals surface area contributed by atoms with E-state index in [2.05, 4.69) is 0 Å². The minimum absolute atomic E-state index is 0.0700. The molecule has 162 valence electrons. The normalized spacial score (nSPS) is 9.90. The first-order valence-corrected chi connectivity index (χ1v) is 10.6. The van der Waals surface area contributed by atoms with Crippen molar-refractivity contribution in [2.24, 2.45) is 0 Å². The predicted molar refractivity (Wildman–Crippen MR) is 127 cm³/mol. The smallest absolute Gasteiger partial charge is 0.0696 e. The predicted octanol–water partition coefficient (Wildman–Crippen LogP) is 7.46. The first kappa shape index (κ1) is 27.3. The second kappa shape index (κ2) is 14.4. The molecule has 3 aromatic rings. The molecule has 30 heavy (non-hydrogen) atoms. The topological polar surface area (TPSA) is 60.7 Å². The quantitative estimate of drug-likeness (QED) is 0.329. The molecule has 3 N–H and O–H groups in total. The molecule has 0 aliphatic carbocycles. The molecule has 0 aliphatic heterocycles. The van der Waals surface area contributed by atoms with Crippen molar-refractivity contribution >= 4 is 69.6 Å². The van der Waals surface area contributed by atoms with Gasteiger partial charge in [0.2, 0.25) is 0 Å². The van der Waals surface area contributed by atoms with Gasteiger partial charge in [0.1, 0.15) is 0 Å². The van der Waals surface area contributed by atoms with E-state index in [1.54, 1.807) is 54.6 Å². The minimum atomic E-state index is -0.0700. The molecular weight excluding hydrogens is 513 g/mol. The van der Waals surface area contributed by atoms with Crippen molar-refractivity contribution in [3.05, 3.63) is 101 Å². The van der Waals surface area contributed by atoms with Gasteiger partial charge < -0.3 is 15.3 Å². The van der Waals surface area contributed by atoms with Crippen molar-refractivity contribution in [1.82, 2.24) is 0 Å². The van der Waals surface area contributed by atoms with Crippen LogP contribution in [0.3, 0.4) is 0 Å². The fourth-order valence-electron chi connectivity index (χ4n) is 2.01. The number of halogens is 6. The molecule has 0 saturated heterocycles. The third-order valence-electron chi connectivity index (χ3n) is 3.61. The Kier molecular flexibility index (Phi) is 13.1. The van der Waals surface area contributed by atoms with Crippen molar-refractivity contribution < 1.29 is 15.3 Å². The van der Waals surface area contributed by atoms with E-state index in [0.717, 1.165) is 0 Å². The van der Waals surface area contributed by atoms with Gasteiger partial charge in [-0.25, -0.2) is 0 Å². The van der Waals surface area contributed by atoms with Crippen LogP contribution < -0.4 is 0 Å². The van der Waals surface area contributed by atoms with Crippen molar-refractivity contribution in [3.63, 3.8) is 0 Å². The van der Waals surface area contributed by atoms with E-state index < -0.39 is 0 Å². The second-order valence-corrected chi connectivity index (χ2v) is 7.97. The molecule has 0 unspecified atom stereocenters. The van der Waals surface area contributed by atoms with Crippen molar-refractivity contribution in [2.45, 2.75) is 19.8 Å². The van der Waals surface area contributed by atoms with Crippen molar-refractivity contribution in [1.29, 1.82) is 0 Å². The molecule has 0 aliphatic rings. The molecule has 3 aromatic carbocycles. The van der Waals surface area contributed by atoms with Gasteiger partial charge in [-0.15, -0.1) is 0 Å². The summed E-state index contributed by atoms with van der Waals surface area (Å²) in [7, 11) is 0. The molecule has 3 rings (SSSR count). The minimum Gasteiger partial charge on any atom is -0.392 e. The number of aliphatic hydroxyl groups is 3. The van der Waals surface area contributed by atoms with Gasteiger partial charge in [-0.1, -0.05) is 106 Å². The molecule has 0 heterocycles. The molecule has 9 heteroatoms. The summed E-state index contributed by atoms with van der Waals surface area (Å²) in [5.41, 5.74) is 1.98. The summed E-state index contributed by atoms with van der Waals surface area (Å²) in [4.78, 5) is 0. The fraction of sp³-hybridized carbons (Fsp3) is 0.143. The van der Waals surface area contributed by atoms with Crippen LogP contribution >= 0.6 is 69.6 Å². The lowest BCUT2D eigenvalue weighted by molar-refractivity contribution is 0.281. The van der Waals surface area contributed by atoms with Crippen LogP contribution in [0.2, 0.25) is 30.1 Å². The number of rotatable bonds is 3. The van der Waals surface area contributed by atoms with Crippen molar-refractivity contribution in [3.8, 4) is 0 Å². The summed E-state index contributed by atoms with van der Waals surface area (Å²) >= 11 is 34.1. The maximum Gasteiger partial charge on any atom is 0.0696 e. The van der Waals surface area contributed by atoms with Gasteiger partial charge in [-0.05, 0) is 34.9 Å². The van der Waals surface area contributed by atoms with Gasteiger partial charge in [0, 0.05) is 0 Å². The zero-order valence-corrected chi connectivity index (χ0v) is 20.0. The first-order chi connectivity index (χ1) is 14.3. The van der Waals surface area contributed by atoms with Gasteiger partial charge in [0.25, 0.3) is 0 Å². The summed E-state index contributed by atoms with van der Waals surface area (Å²) in [6.07, 6.45) is 0. The van der Waals surface area contributed by atoms with Gasteiger partial charge in [-0.3, -0.25) is 0 Å². The van der Waals surface area contributed by atoms with E-state index in [4.69, 9.17) is 84.9 Å². The molecule has 0 aromatic heterocycles. The zero-order valence-electron chi connectivity index (χ0n) is 15.4. The molecule has 0 saturated carbocycles. The van der Waals surface area contributed by atoms with Crippen LogP contribution in [0.5, 0.6) is 0 Å². The largest absolute Gasteiger partial charge is 0.392 e. The standard InChI is InChI=1S/3C7H6Cl2O/c3*8-6-3-1-2-5(4-10)7(6)9/h3*1-3,10H,4H2. The molecule has 0 atom stereocenters. The van der Waals surface area contributed by atoms with Crippen LogP contribution in [0.25, 0.3) is 0 Å². The third-order valence-corrected chi connectivity index (χ3v) is 6.18. The maximum atomic E-state index is 8.70. The maximum absolute atomic E-state index is 8.70. The molecule has 3 nitrogen and oxygen atoms in total. The average molecular weight is 531 g/mol. The van der Waals surface area contributed by atoms with Crippen LogP contribution in [0.1, 0.15) is 16.7 Å². The first-order valence-electron chi connectivity index (χ1n) is 8.38. The van der Waals surface area contributed by atoms with Gasteiger partial charge in [0.05, 0.1) is 50.0 Å². The lowest BCUT2D eigenvalue weighted by atomic mass is 10.2. The van der Waals surface area contributed by atoms with E-state index in [-0.39, 0.29) is 19.8 Å². The van der Waals surface area contributed by atoms with Crippen LogP contribution in [0.4, 0.5) is 0 Å². The Bertz CT molecular complexity index is 828. The SMILES string of the molecule is OCc1cccc(Cl)c1Cl.OCc1cccc(Cl)c1Cl.OCc1cccc(Cl)c1Cl. The second-order valence-electron chi connectivity index (χ2n) is 5.61. The van der Waals surface area contributed by atoms with E-state index in [1.165, 1.54) is 0 Å². The molecular formula is C21H18Cl6O3. The van der Waals surface area contributed by atoms with E-state index >= 15 is 0 Å². The fourth-order valence-corrected chi connectivity index (χ4v) is 3.15. The summed E-state index contributed by atoms with van der Waals surface area (Å²) in [6, 6.07) is 15.5. The Morgan fingerprint density at radius 2 is 0.667 bits per heavy atom. The zero-order chi connectivity index (χ0) is 22.7. The highest BCUT2D eigenvalue weighted by molar-refractivity contribution is 6.43. The van der Waals surface area contributed by atoms with Gasteiger partial charge >= 0.3 is 0 Å². The lowest BCUT2D eigenvalue weighted by Gasteiger charge is -1.99. The summed E-state index contributed by atoms with van der Waals surface area (Å²) < 4.78 is 0. The Balaban J connectivity index is 0.000000225. The molecule has 0 fully saturated rings. The Morgan fingerprint density at radius 1 is 0.433 bits per heavy atom. The number of aliphatic hydroxyl groups excluding tert-OH is 3. The number of hydrogen-bond donors (Lipinski definition) is 3. The van der Waals surface area contributed by atoms with Crippen LogP contribution in [-0.2, 0) is 19.8 Å². The van der Waals surface area contributed by atoms with E-state index in [0.29, 0.717) is 46.8 Å². The van der Waals surface area contributed by atoms with Crippen molar-refractivity contribution in [2.75, 3.05) is 0 Å². The van der Waals surface area contributed by atoms with Gasteiger partial charge in [0.15, 0.2) is 0 Å². The molecule has 0 amide bonds. The summed E-state index contributed by atoms with van der Waals surface area (Å²) in [5.74, 6) is 0. The highest BCUT2D eigenvalue weighted by Crippen LogP contribution is 2.26. The third kappa shape index (κ3) is 8.43. The Labute approximate surface area is 205 Å². The highest BCUT2D eigenvalue weighted by atomic mass is 35.5. The molecule has 0 bridgehead atoms. The van der Waals surface area contributed by atoms with E-state index in [1.807, 2.05) is 0 Å². The van der Waals surface area contributed by atoms with E-state index in [9.17, 15) is 0 Å². The van der Waals surface area contributed by atoms with Crippen LogP contribution in [0.15, 0.2) is 54.6 Å². The summed E-state index contributed by atoms with van der Waals surface area (Å²) in [6.45, 7) is -0.210. The Morgan fingerprint density at radius 3 is 0.833 bits per heavy atom. The Hall–Kier alpha value is -0.720. The van der Waals surface area contributed by atoms with Gasteiger partial charge in [-0.2, -0.15) is 0 Å².